The van der Waals surface area contributed by atoms with Crippen molar-refractivity contribution in [1.29, 1.82) is 0 Å². The quantitative estimate of drug-likeness (QED) is 0.0320. The maximum Gasteiger partial charge on any atom is 0.305 e. The molecule has 1 amide bonds. The largest absolute Gasteiger partial charge is 0.466 e. The van der Waals surface area contributed by atoms with Gasteiger partial charge in [-0.1, -0.05) is 307 Å². The fraction of sp³-hybridized carbons (Fsp3) is 0.884. The van der Waals surface area contributed by atoms with Crippen LogP contribution in [0.5, 0.6) is 0 Å². The van der Waals surface area contributed by atoms with Crippen LogP contribution in [0.3, 0.4) is 0 Å². The molecule has 0 saturated carbocycles. The fourth-order valence-electron chi connectivity index (χ4n) is 10.5. The van der Waals surface area contributed by atoms with E-state index in [2.05, 4.69) is 55.6 Å². The van der Waals surface area contributed by atoms with Crippen molar-refractivity contribution in [2.45, 2.75) is 379 Å². The number of unbranched alkanes of at least 4 members (excludes halogenated alkanes) is 46. The lowest BCUT2D eigenvalue weighted by molar-refractivity contribution is -0.143. The maximum absolute atomic E-state index is 12.5. The lowest BCUT2D eigenvalue weighted by Gasteiger charge is -2.22. The first kappa shape index (κ1) is 73.1. The number of ether oxygens (including phenoxy) is 1. The van der Waals surface area contributed by atoms with Crippen LogP contribution in [0.2, 0.25) is 0 Å². The number of rotatable bonds is 63. The van der Waals surface area contributed by atoms with Gasteiger partial charge in [-0.15, -0.1) is 0 Å². The minimum Gasteiger partial charge on any atom is -0.466 e. The molecule has 2 unspecified atom stereocenters. The van der Waals surface area contributed by atoms with Gasteiger partial charge in [-0.3, -0.25) is 9.59 Å². The number of hydrogen-bond acceptors (Lipinski definition) is 5. The zero-order valence-electron chi connectivity index (χ0n) is 50.5. The normalized spacial score (nSPS) is 12.7. The lowest BCUT2D eigenvalue weighted by atomic mass is 10.0. The molecule has 75 heavy (non-hydrogen) atoms. The second-order valence-electron chi connectivity index (χ2n) is 23.1. The van der Waals surface area contributed by atoms with E-state index >= 15 is 0 Å². The third-order valence-corrected chi connectivity index (χ3v) is 15.7. The molecule has 0 rings (SSSR count). The molecule has 442 valence electrons. The molecule has 0 spiro atoms. The predicted octanol–water partition coefficient (Wildman–Crippen LogP) is 21.5. The fourth-order valence-corrected chi connectivity index (χ4v) is 10.5. The van der Waals surface area contributed by atoms with Gasteiger partial charge >= 0.3 is 5.97 Å². The van der Waals surface area contributed by atoms with Crippen LogP contribution in [0.15, 0.2) is 36.5 Å². The van der Waals surface area contributed by atoms with Crippen molar-refractivity contribution >= 4 is 11.9 Å². The van der Waals surface area contributed by atoms with Crippen molar-refractivity contribution in [2.24, 2.45) is 0 Å². The summed E-state index contributed by atoms with van der Waals surface area (Å²) in [6.07, 6.45) is 81.9. The van der Waals surface area contributed by atoms with Gasteiger partial charge in [-0.2, -0.15) is 0 Å². The summed E-state index contributed by atoms with van der Waals surface area (Å²) in [6, 6.07) is -0.539. The van der Waals surface area contributed by atoms with Gasteiger partial charge in [0.1, 0.15) is 0 Å². The number of allylic oxidation sites excluding steroid dienone is 6. The minimum absolute atomic E-state index is 0.00572. The van der Waals surface area contributed by atoms with Crippen molar-refractivity contribution < 1.29 is 24.5 Å². The Kier molecular flexibility index (Phi) is 63.0. The van der Waals surface area contributed by atoms with Gasteiger partial charge in [-0.25, -0.2) is 0 Å². The number of esters is 1. The molecule has 3 N–H and O–H groups in total. The summed E-state index contributed by atoms with van der Waals surface area (Å²) in [5.74, 6) is -0.0271. The third kappa shape index (κ3) is 61.2. The molecule has 2 atom stereocenters. The van der Waals surface area contributed by atoms with Crippen LogP contribution in [0.4, 0.5) is 0 Å². The van der Waals surface area contributed by atoms with Gasteiger partial charge in [0, 0.05) is 12.8 Å². The van der Waals surface area contributed by atoms with Crippen molar-refractivity contribution in [3.05, 3.63) is 36.5 Å². The van der Waals surface area contributed by atoms with Crippen LogP contribution < -0.4 is 5.32 Å². The van der Waals surface area contributed by atoms with E-state index in [0.717, 1.165) is 51.4 Å². The zero-order chi connectivity index (χ0) is 54.3. The Hall–Kier alpha value is -1.92. The Balaban J connectivity index is 3.36. The van der Waals surface area contributed by atoms with Crippen molar-refractivity contribution in [3.8, 4) is 0 Å². The first-order chi connectivity index (χ1) is 37.0. The van der Waals surface area contributed by atoms with Crippen LogP contribution in [0, 0.1) is 0 Å². The molecule has 0 aromatic carbocycles. The van der Waals surface area contributed by atoms with Crippen molar-refractivity contribution in [1.82, 2.24) is 5.32 Å². The monoisotopic (exact) mass is 1050 g/mol. The first-order valence-corrected chi connectivity index (χ1v) is 33.7. The molecule has 6 heteroatoms. The summed E-state index contributed by atoms with van der Waals surface area (Å²) in [5, 5.41) is 23.2. The smallest absolute Gasteiger partial charge is 0.305 e. The molecule has 0 heterocycles. The van der Waals surface area contributed by atoms with E-state index in [1.165, 1.54) is 283 Å². The molecule has 0 bridgehead atoms. The van der Waals surface area contributed by atoms with Crippen LogP contribution in [0.25, 0.3) is 0 Å². The number of carbonyl (C=O) groups is 2. The van der Waals surface area contributed by atoms with Crippen LogP contribution in [-0.4, -0.2) is 47.4 Å². The number of carbonyl (C=O) groups excluding carboxylic acids is 2. The van der Waals surface area contributed by atoms with Crippen molar-refractivity contribution in [3.63, 3.8) is 0 Å². The molecule has 0 fully saturated rings. The Bertz CT molecular complexity index is 1210. The summed E-state index contributed by atoms with van der Waals surface area (Å²) < 4.78 is 5.48. The number of nitrogens with one attached hydrogen (secondary N) is 1. The van der Waals surface area contributed by atoms with E-state index in [1.807, 2.05) is 0 Å². The molecule has 0 saturated heterocycles. The number of aliphatic hydroxyl groups is 2. The average molecular weight is 1050 g/mol. The molecule has 0 aliphatic rings. The second kappa shape index (κ2) is 64.6. The van der Waals surface area contributed by atoms with E-state index in [1.54, 1.807) is 0 Å². The highest BCUT2D eigenvalue weighted by atomic mass is 16.5. The SMILES string of the molecule is CCCCCCC/C=C\CCCCCCCC(=O)OCCCCCCCCCCC/C=C\C/C=C\CCCCCCCCCCCCCCCCCCCC(=O)NC(CO)C(O)CCCCCCCCCCCCC. The molecule has 0 aliphatic carbocycles. The minimum atomic E-state index is -0.661. The van der Waals surface area contributed by atoms with Crippen molar-refractivity contribution in [2.75, 3.05) is 13.2 Å². The van der Waals surface area contributed by atoms with E-state index in [4.69, 9.17) is 4.74 Å². The molecule has 0 aliphatic heterocycles. The highest BCUT2D eigenvalue weighted by Gasteiger charge is 2.20. The summed E-state index contributed by atoms with van der Waals surface area (Å²) in [6.45, 7) is 4.95. The average Bonchev–Trinajstić information content (AvgIpc) is 3.41. The Morgan fingerprint density at radius 2 is 0.667 bits per heavy atom. The topological polar surface area (TPSA) is 95.9 Å². The standard InChI is InChI=1S/C69H131NO5/c1-3-5-7-9-11-13-15-16-39-43-47-51-55-59-63-69(74)75-64-60-56-52-48-44-40-37-35-33-31-29-27-25-23-21-19-17-18-20-22-24-26-28-30-32-34-36-38-42-46-50-54-58-62-68(73)70-66(65-71)67(72)61-57-53-49-45-41-14-12-10-8-6-4-2/h15-16,21,23,27,29,66-67,71-72H,3-14,17-20,22,24-26,28,30-65H2,1-2H3,(H,70,73)/b16-15-,23-21-,29-27-. The number of amides is 1. The van der Waals surface area contributed by atoms with E-state index < -0.39 is 12.1 Å². The Morgan fingerprint density at radius 3 is 1.03 bits per heavy atom. The van der Waals surface area contributed by atoms with Gasteiger partial charge in [-0.05, 0) is 83.5 Å². The maximum atomic E-state index is 12.5. The number of aliphatic hydroxyl groups excluding tert-OH is 2. The molecule has 0 aromatic heterocycles. The summed E-state index contributed by atoms with van der Waals surface area (Å²) in [5.41, 5.74) is 0. The second-order valence-corrected chi connectivity index (χ2v) is 23.1. The van der Waals surface area contributed by atoms with E-state index in [9.17, 15) is 19.8 Å². The van der Waals surface area contributed by atoms with Gasteiger partial charge in [0.2, 0.25) is 5.91 Å². The van der Waals surface area contributed by atoms with Crippen LogP contribution in [0.1, 0.15) is 367 Å². The number of hydrogen-bond donors (Lipinski definition) is 3. The Labute approximate surface area is 468 Å². The first-order valence-electron chi connectivity index (χ1n) is 33.7. The lowest BCUT2D eigenvalue weighted by Crippen LogP contribution is -2.45. The van der Waals surface area contributed by atoms with E-state index in [0.29, 0.717) is 25.9 Å². The third-order valence-electron chi connectivity index (χ3n) is 15.7. The van der Waals surface area contributed by atoms with Gasteiger partial charge in [0.15, 0.2) is 0 Å². The summed E-state index contributed by atoms with van der Waals surface area (Å²) >= 11 is 0. The van der Waals surface area contributed by atoms with Crippen LogP contribution >= 0.6 is 0 Å². The molecule has 6 nitrogen and oxygen atoms in total. The summed E-state index contributed by atoms with van der Waals surface area (Å²) in [4.78, 5) is 24.5. The molecular weight excluding hydrogens is 923 g/mol. The highest BCUT2D eigenvalue weighted by molar-refractivity contribution is 5.76. The molecule has 0 radical (unpaired) electrons. The van der Waals surface area contributed by atoms with Gasteiger partial charge in [0.25, 0.3) is 0 Å². The van der Waals surface area contributed by atoms with Gasteiger partial charge < -0.3 is 20.3 Å². The van der Waals surface area contributed by atoms with Gasteiger partial charge in [0.05, 0.1) is 25.4 Å². The van der Waals surface area contributed by atoms with Crippen LogP contribution in [-0.2, 0) is 14.3 Å². The highest BCUT2D eigenvalue weighted by Crippen LogP contribution is 2.18. The Morgan fingerprint density at radius 1 is 0.373 bits per heavy atom. The molecular formula is C69H131NO5. The summed E-state index contributed by atoms with van der Waals surface area (Å²) in [7, 11) is 0. The molecule has 0 aromatic rings. The zero-order valence-corrected chi connectivity index (χ0v) is 50.5. The van der Waals surface area contributed by atoms with E-state index in [-0.39, 0.29) is 18.5 Å². The predicted molar refractivity (Wildman–Crippen MR) is 329 cm³/mol.